The molecule has 0 spiro atoms. The average Bonchev–Trinajstić information content (AvgIpc) is 3.31. The fourth-order valence-electron chi connectivity index (χ4n) is 4.46. The van der Waals surface area contributed by atoms with Crippen LogP contribution in [0.25, 0.3) is 0 Å². The van der Waals surface area contributed by atoms with E-state index in [1.165, 1.54) is 12.7 Å². The van der Waals surface area contributed by atoms with Gasteiger partial charge in [0.2, 0.25) is 5.91 Å². The molecule has 0 aliphatic carbocycles. The molecular weight excluding hydrogens is 408 g/mol. The molecule has 3 heterocycles. The molecule has 4 rings (SSSR count). The van der Waals surface area contributed by atoms with E-state index in [-0.39, 0.29) is 17.9 Å². The molecule has 1 N–H and O–H groups in total. The number of morpholine rings is 1. The summed E-state index contributed by atoms with van der Waals surface area (Å²) in [5.41, 5.74) is 2.65. The van der Waals surface area contributed by atoms with Crippen LogP contribution in [0.5, 0.6) is 0 Å². The minimum absolute atomic E-state index is 0.000549. The lowest BCUT2D eigenvalue weighted by atomic mass is 10.0. The maximum atomic E-state index is 12.5. The lowest BCUT2D eigenvalue weighted by Crippen LogP contribution is -2.40. The Labute approximate surface area is 189 Å². The molecule has 1 aromatic carbocycles. The van der Waals surface area contributed by atoms with E-state index < -0.39 is 0 Å². The maximum Gasteiger partial charge on any atom is 0.354 e. The molecule has 2 saturated heterocycles. The summed E-state index contributed by atoms with van der Waals surface area (Å²) in [5.74, 6) is -0.312. The summed E-state index contributed by atoms with van der Waals surface area (Å²) in [4.78, 5) is 29.0. The van der Waals surface area contributed by atoms with Gasteiger partial charge in [-0.1, -0.05) is 12.1 Å². The normalized spacial score (nSPS) is 18.4. The zero-order chi connectivity index (χ0) is 22.3. The fraction of sp³-hybridized carbons (Fsp3) is 0.500. The van der Waals surface area contributed by atoms with Crippen LogP contribution in [0.15, 0.2) is 42.6 Å². The van der Waals surface area contributed by atoms with Crippen LogP contribution < -0.4 is 5.32 Å². The summed E-state index contributed by atoms with van der Waals surface area (Å²) in [7, 11) is 1.40. The summed E-state index contributed by atoms with van der Waals surface area (Å²) in [6.07, 6.45) is 3.71. The molecule has 8 heteroatoms. The van der Waals surface area contributed by atoms with Gasteiger partial charge in [0.25, 0.3) is 0 Å². The SMILES string of the molecule is COC(=O)c1cccn1C1CCN(CC(=O)Nc2ccc(CN3CCOCC3)cc2)CC1. The smallest absolute Gasteiger partial charge is 0.354 e. The quantitative estimate of drug-likeness (QED) is 0.667. The number of methoxy groups -OCH3 is 1. The van der Waals surface area contributed by atoms with Crippen molar-refractivity contribution in [2.24, 2.45) is 0 Å². The standard InChI is InChI=1S/C24H32N4O4/c1-31-24(30)22-3-2-10-28(22)21-8-11-26(12-9-21)18-23(29)25-20-6-4-19(5-7-20)17-27-13-15-32-16-14-27/h2-7,10,21H,8-9,11-18H2,1H3,(H,25,29). The molecule has 2 aliphatic heterocycles. The van der Waals surface area contributed by atoms with Gasteiger partial charge in [0.1, 0.15) is 5.69 Å². The van der Waals surface area contributed by atoms with Gasteiger partial charge in [-0.25, -0.2) is 4.79 Å². The number of hydrogen-bond acceptors (Lipinski definition) is 6. The van der Waals surface area contributed by atoms with E-state index in [0.29, 0.717) is 12.2 Å². The first-order chi connectivity index (χ1) is 15.6. The van der Waals surface area contributed by atoms with Gasteiger partial charge in [0.05, 0.1) is 26.9 Å². The maximum absolute atomic E-state index is 12.5. The number of benzene rings is 1. The van der Waals surface area contributed by atoms with Gasteiger partial charge in [-0.2, -0.15) is 0 Å². The van der Waals surface area contributed by atoms with Crippen LogP contribution in [0.3, 0.4) is 0 Å². The molecule has 0 unspecified atom stereocenters. The third kappa shape index (κ3) is 5.76. The van der Waals surface area contributed by atoms with Crippen molar-refractivity contribution in [3.05, 3.63) is 53.9 Å². The highest BCUT2D eigenvalue weighted by Crippen LogP contribution is 2.25. The first kappa shape index (κ1) is 22.5. The largest absolute Gasteiger partial charge is 0.464 e. The van der Waals surface area contributed by atoms with Gasteiger partial charge < -0.3 is 19.4 Å². The molecule has 172 valence electrons. The van der Waals surface area contributed by atoms with E-state index in [9.17, 15) is 9.59 Å². The van der Waals surface area contributed by atoms with E-state index in [2.05, 4.69) is 27.2 Å². The van der Waals surface area contributed by atoms with Gasteiger partial charge in [-0.15, -0.1) is 0 Å². The summed E-state index contributed by atoms with van der Waals surface area (Å²) in [6, 6.07) is 12.0. The van der Waals surface area contributed by atoms with Crippen molar-refractivity contribution < 1.29 is 19.1 Å². The number of aromatic nitrogens is 1. The number of likely N-dealkylation sites (tertiary alicyclic amines) is 1. The molecule has 0 bridgehead atoms. The number of piperidine rings is 1. The number of ether oxygens (including phenoxy) is 2. The first-order valence-corrected chi connectivity index (χ1v) is 11.3. The highest BCUT2D eigenvalue weighted by atomic mass is 16.5. The van der Waals surface area contributed by atoms with Crippen molar-refractivity contribution in [1.29, 1.82) is 0 Å². The van der Waals surface area contributed by atoms with Gasteiger partial charge in [0, 0.05) is 50.6 Å². The highest BCUT2D eigenvalue weighted by Gasteiger charge is 2.24. The Morgan fingerprint density at radius 3 is 2.44 bits per heavy atom. The molecule has 1 amide bonds. The van der Waals surface area contributed by atoms with Gasteiger partial charge in [0.15, 0.2) is 0 Å². The third-order valence-electron chi connectivity index (χ3n) is 6.24. The lowest BCUT2D eigenvalue weighted by molar-refractivity contribution is -0.117. The summed E-state index contributed by atoms with van der Waals surface area (Å²) >= 11 is 0. The van der Waals surface area contributed by atoms with Crippen molar-refractivity contribution in [2.75, 3.05) is 58.4 Å². The Kier molecular flexibility index (Phi) is 7.57. The van der Waals surface area contributed by atoms with Gasteiger partial charge in [-0.05, 0) is 42.7 Å². The Balaban J connectivity index is 1.22. The third-order valence-corrected chi connectivity index (χ3v) is 6.24. The Morgan fingerprint density at radius 1 is 1.03 bits per heavy atom. The van der Waals surface area contributed by atoms with Crippen molar-refractivity contribution in [3.63, 3.8) is 0 Å². The Bertz CT molecular complexity index is 897. The second-order valence-corrected chi connectivity index (χ2v) is 8.43. The van der Waals surface area contributed by atoms with Crippen LogP contribution in [0.2, 0.25) is 0 Å². The number of rotatable bonds is 7. The van der Waals surface area contributed by atoms with Crippen LogP contribution in [0.4, 0.5) is 5.69 Å². The van der Waals surface area contributed by atoms with Crippen LogP contribution in [-0.2, 0) is 20.8 Å². The van der Waals surface area contributed by atoms with E-state index in [1.807, 2.05) is 29.0 Å². The average molecular weight is 441 g/mol. The summed E-state index contributed by atoms with van der Waals surface area (Å²) in [6.45, 7) is 6.42. The number of hydrogen-bond donors (Lipinski definition) is 1. The van der Waals surface area contributed by atoms with Crippen molar-refractivity contribution in [2.45, 2.75) is 25.4 Å². The molecule has 32 heavy (non-hydrogen) atoms. The Hall–Kier alpha value is -2.68. The Morgan fingerprint density at radius 2 is 1.75 bits per heavy atom. The highest BCUT2D eigenvalue weighted by molar-refractivity contribution is 5.92. The molecule has 2 fully saturated rings. The molecule has 2 aromatic rings. The topological polar surface area (TPSA) is 76.0 Å². The second kappa shape index (κ2) is 10.8. The molecular formula is C24H32N4O4. The van der Waals surface area contributed by atoms with Crippen LogP contribution in [-0.4, -0.2) is 79.3 Å². The minimum atomic E-state index is -0.312. The molecule has 1 aromatic heterocycles. The molecule has 8 nitrogen and oxygen atoms in total. The molecule has 0 radical (unpaired) electrons. The minimum Gasteiger partial charge on any atom is -0.464 e. The zero-order valence-electron chi connectivity index (χ0n) is 18.7. The predicted octanol–water partition coefficient (Wildman–Crippen LogP) is 2.38. The number of esters is 1. The molecule has 0 saturated carbocycles. The predicted molar refractivity (Wildman–Crippen MR) is 122 cm³/mol. The van der Waals surface area contributed by atoms with Gasteiger partial charge in [-0.3, -0.25) is 14.6 Å². The van der Waals surface area contributed by atoms with Crippen LogP contribution in [0.1, 0.15) is 34.9 Å². The fourth-order valence-corrected chi connectivity index (χ4v) is 4.46. The zero-order valence-corrected chi connectivity index (χ0v) is 18.7. The number of nitrogens with zero attached hydrogens (tertiary/aromatic N) is 3. The molecule has 2 aliphatic rings. The van der Waals surface area contributed by atoms with E-state index >= 15 is 0 Å². The number of amides is 1. The number of anilines is 1. The van der Waals surface area contributed by atoms with E-state index in [0.717, 1.165) is 64.5 Å². The lowest BCUT2D eigenvalue weighted by Gasteiger charge is -2.32. The van der Waals surface area contributed by atoms with Crippen molar-refractivity contribution >= 4 is 17.6 Å². The van der Waals surface area contributed by atoms with Crippen LogP contribution in [0, 0.1) is 0 Å². The first-order valence-electron chi connectivity index (χ1n) is 11.3. The van der Waals surface area contributed by atoms with Crippen molar-refractivity contribution in [3.8, 4) is 0 Å². The summed E-state index contributed by atoms with van der Waals surface area (Å²) < 4.78 is 12.3. The van der Waals surface area contributed by atoms with E-state index in [4.69, 9.17) is 9.47 Å². The number of carbonyl (C=O) groups excluding carboxylic acids is 2. The number of carbonyl (C=O) groups is 2. The van der Waals surface area contributed by atoms with E-state index in [1.54, 1.807) is 6.07 Å². The summed E-state index contributed by atoms with van der Waals surface area (Å²) in [5, 5.41) is 3.01. The van der Waals surface area contributed by atoms with Gasteiger partial charge >= 0.3 is 5.97 Å². The van der Waals surface area contributed by atoms with Crippen LogP contribution >= 0.6 is 0 Å². The second-order valence-electron chi connectivity index (χ2n) is 8.43. The monoisotopic (exact) mass is 440 g/mol. The molecule has 0 atom stereocenters. The number of nitrogens with one attached hydrogen (secondary N) is 1. The van der Waals surface area contributed by atoms with Crippen molar-refractivity contribution in [1.82, 2.24) is 14.4 Å².